The van der Waals surface area contributed by atoms with E-state index in [1.165, 1.54) is 6.07 Å². The number of rotatable bonds is 6. The Kier molecular flexibility index (Phi) is 5.04. The number of nitrogens with zero attached hydrogens (tertiary/aromatic N) is 2. The minimum atomic E-state index is -0.486. The zero-order chi connectivity index (χ0) is 18.7. The molecule has 2 aromatic carbocycles. The second kappa shape index (κ2) is 7.40. The number of fused-ring (bicyclic) bond motifs is 1. The third-order valence-corrected chi connectivity index (χ3v) is 4.29. The molecule has 1 aliphatic rings. The molecule has 0 bridgehead atoms. The fraction of sp³-hybridized carbons (Fsp3) is 0.278. The lowest BCUT2D eigenvalue weighted by Crippen LogP contribution is -2.39. The summed E-state index contributed by atoms with van der Waals surface area (Å²) in [6.45, 7) is 2.20. The van der Waals surface area contributed by atoms with Crippen LogP contribution in [0.2, 0.25) is 0 Å². The summed E-state index contributed by atoms with van der Waals surface area (Å²) in [4.78, 5) is 25.0. The molecule has 136 valence electrons. The van der Waals surface area contributed by atoms with Crippen LogP contribution >= 0.6 is 0 Å². The van der Waals surface area contributed by atoms with Crippen LogP contribution in [0.15, 0.2) is 42.5 Å². The third kappa shape index (κ3) is 3.75. The van der Waals surface area contributed by atoms with E-state index in [1.54, 1.807) is 55.3 Å². The zero-order valence-electron chi connectivity index (χ0n) is 14.5. The van der Waals surface area contributed by atoms with Gasteiger partial charge < -0.3 is 14.8 Å². The lowest BCUT2D eigenvalue weighted by atomic mass is 10.1. The van der Waals surface area contributed by atoms with Crippen molar-refractivity contribution in [1.29, 1.82) is 0 Å². The van der Waals surface area contributed by atoms with Crippen molar-refractivity contribution in [3.05, 3.63) is 58.1 Å². The van der Waals surface area contributed by atoms with Gasteiger partial charge in [-0.3, -0.25) is 19.8 Å². The Labute approximate surface area is 150 Å². The van der Waals surface area contributed by atoms with Crippen LogP contribution in [0.5, 0.6) is 11.5 Å². The minimum Gasteiger partial charge on any atom is -0.454 e. The van der Waals surface area contributed by atoms with Gasteiger partial charge in [0.25, 0.3) is 5.69 Å². The predicted octanol–water partition coefficient (Wildman–Crippen LogP) is 2.78. The highest BCUT2D eigenvalue weighted by Gasteiger charge is 2.22. The number of carbonyl (C=O) groups excluding carboxylic acids is 1. The maximum atomic E-state index is 12.5. The number of para-hydroxylation sites is 1. The van der Waals surface area contributed by atoms with E-state index in [0.29, 0.717) is 22.7 Å². The maximum Gasteiger partial charge on any atom is 0.273 e. The van der Waals surface area contributed by atoms with E-state index < -0.39 is 11.0 Å². The smallest absolute Gasteiger partial charge is 0.273 e. The van der Waals surface area contributed by atoms with Crippen molar-refractivity contribution in [2.45, 2.75) is 19.5 Å². The van der Waals surface area contributed by atoms with Crippen molar-refractivity contribution < 1.29 is 19.2 Å². The number of carbonyl (C=O) groups is 1. The second-order valence-corrected chi connectivity index (χ2v) is 6.03. The van der Waals surface area contributed by atoms with E-state index >= 15 is 0 Å². The van der Waals surface area contributed by atoms with E-state index in [2.05, 4.69) is 5.32 Å². The molecular formula is C18H19N3O5. The largest absolute Gasteiger partial charge is 0.454 e. The molecule has 3 rings (SSSR count). The molecule has 0 aliphatic carbocycles. The van der Waals surface area contributed by atoms with Crippen molar-refractivity contribution in [2.24, 2.45) is 0 Å². The Balaban J connectivity index is 1.65. The highest BCUT2D eigenvalue weighted by Crippen LogP contribution is 2.34. The molecule has 1 heterocycles. The van der Waals surface area contributed by atoms with Crippen molar-refractivity contribution in [1.82, 2.24) is 4.90 Å². The first kappa shape index (κ1) is 17.7. The average molecular weight is 357 g/mol. The van der Waals surface area contributed by atoms with Gasteiger partial charge in [0, 0.05) is 29.9 Å². The molecule has 8 heteroatoms. The molecular weight excluding hydrogens is 338 g/mol. The molecule has 1 aliphatic heterocycles. The molecule has 26 heavy (non-hydrogen) atoms. The minimum absolute atomic E-state index is 0.0442. The first-order valence-corrected chi connectivity index (χ1v) is 8.09. The summed E-state index contributed by atoms with van der Waals surface area (Å²) in [7, 11) is 1.75. The fourth-order valence-electron chi connectivity index (χ4n) is 2.65. The number of amides is 1. The summed E-state index contributed by atoms with van der Waals surface area (Å²) in [6.07, 6.45) is 0. The highest BCUT2D eigenvalue weighted by atomic mass is 16.7. The summed E-state index contributed by atoms with van der Waals surface area (Å²) in [5, 5.41) is 14.0. The first-order chi connectivity index (χ1) is 12.5. The van der Waals surface area contributed by atoms with Gasteiger partial charge in [-0.05, 0) is 26.1 Å². The number of hydrogen-bond donors (Lipinski definition) is 1. The van der Waals surface area contributed by atoms with Crippen LogP contribution in [-0.4, -0.2) is 35.6 Å². The van der Waals surface area contributed by atoms with Crippen LogP contribution in [0.4, 0.5) is 11.4 Å². The molecule has 0 fully saturated rings. The fourth-order valence-corrected chi connectivity index (χ4v) is 2.65. The Morgan fingerprint density at radius 2 is 2.00 bits per heavy atom. The zero-order valence-corrected chi connectivity index (χ0v) is 14.5. The van der Waals surface area contributed by atoms with Crippen LogP contribution in [0, 0.1) is 10.1 Å². The van der Waals surface area contributed by atoms with Crippen molar-refractivity contribution in [3.8, 4) is 11.5 Å². The monoisotopic (exact) mass is 357 g/mol. The van der Waals surface area contributed by atoms with Crippen LogP contribution in [0.3, 0.4) is 0 Å². The molecule has 0 saturated carbocycles. The second-order valence-electron chi connectivity index (χ2n) is 6.03. The van der Waals surface area contributed by atoms with Crippen LogP contribution < -0.4 is 14.8 Å². The number of anilines is 1. The van der Waals surface area contributed by atoms with Crippen LogP contribution in [-0.2, 0) is 11.3 Å². The molecule has 1 unspecified atom stereocenters. The van der Waals surface area contributed by atoms with Gasteiger partial charge in [0.1, 0.15) is 0 Å². The Bertz CT molecular complexity index is 839. The lowest BCUT2D eigenvalue weighted by Gasteiger charge is -2.23. The quantitative estimate of drug-likeness (QED) is 0.631. The number of hydrogen-bond acceptors (Lipinski definition) is 6. The van der Waals surface area contributed by atoms with Gasteiger partial charge in [0.05, 0.1) is 11.0 Å². The number of nitrogens with one attached hydrogen (secondary N) is 1. The third-order valence-electron chi connectivity index (χ3n) is 4.29. The first-order valence-electron chi connectivity index (χ1n) is 8.09. The van der Waals surface area contributed by atoms with Crippen molar-refractivity contribution in [2.75, 3.05) is 19.2 Å². The van der Waals surface area contributed by atoms with Gasteiger partial charge in [0.2, 0.25) is 12.7 Å². The van der Waals surface area contributed by atoms with Gasteiger partial charge in [-0.15, -0.1) is 0 Å². The van der Waals surface area contributed by atoms with Crippen LogP contribution in [0.25, 0.3) is 0 Å². The van der Waals surface area contributed by atoms with Gasteiger partial charge >= 0.3 is 0 Å². The number of likely N-dealkylation sites (N-methyl/N-ethyl adjacent to an activating group) is 1. The summed E-state index contributed by atoms with van der Waals surface area (Å²) in [6, 6.07) is 11.2. The Morgan fingerprint density at radius 3 is 2.77 bits per heavy atom. The Morgan fingerprint density at radius 1 is 1.27 bits per heavy atom. The Hall–Kier alpha value is -3.13. The van der Waals surface area contributed by atoms with E-state index in [0.717, 1.165) is 0 Å². The summed E-state index contributed by atoms with van der Waals surface area (Å²) < 4.78 is 10.5. The van der Waals surface area contributed by atoms with Gasteiger partial charge in [-0.2, -0.15) is 0 Å². The standard InChI is InChI=1S/C18H19N3O5/c1-12(20(2)10-13-5-3-4-6-15(13)21(23)24)18(22)19-14-7-8-16-17(9-14)26-11-25-16/h3-9,12H,10-11H2,1-2H3,(H,19,22). The molecule has 0 radical (unpaired) electrons. The summed E-state index contributed by atoms with van der Waals surface area (Å²) >= 11 is 0. The number of benzene rings is 2. The number of nitro benzene ring substituents is 1. The molecule has 1 atom stereocenters. The summed E-state index contributed by atoms with van der Waals surface area (Å²) in [5.41, 5.74) is 1.20. The van der Waals surface area contributed by atoms with Crippen molar-refractivity contribution in [3.63, 3.8) is 0 Å². The molecule has 0 aromatic heterocycles. The van der Waals surface area contributed by atoms with Gasteiger partial charge in [-0.25, -0.2) is 0 Å². The molecule has 0 saturated heterocycles. The molecule has 0 spiro atoms. The van der Waals surface area contributed by atoms with Gasteiger partial charge in [0.15, 0.2) is 11.5 Å². The summed E-state index contributed by atoms with van der Waals surface area (Å²) in [5.74, 6) is 1.01. The normalized spacial score (nSPS) is 13.5. The molecule has 1 amide bonds. The number of nitro groups is 1. The SMILES string of the molecule is CC(C(=O)Nc1ccc2c(c1)OCO2)N(C)Cc1ccccc1[N+](=O)[O-]. The predicted molar refractivity (Wildman–Crippen MR) is 95.2 cm³/mol. The van der Waals surface area contributed by atoms with Crippen LogP contribution in [0.1, 0.15) is 12.5 Å². The molecule has 1 N–H and O–H groups in total. The van der Waals surface area contributed by atoms with Crippen molar-refractivity contribution >= 4 is 17.3 Å². The molecule has 8 nitrogen and oxygen atoms in total. The lowest BCUT2D eigenvalue weighted by molar-refractivity contribution is -0.385. The van der Waals surface area contributed by atoms with E-state index in [-0.39, 0.29) is 24.9 Å². The van der Waals surface area contributed by atoms with E-state index in [4.69, 9.17) is 9.47 Å². The van der Waals surface area contributed by atoms with E-state index in [1.807, 2.05) is 0 Å². The average Bonchev–Trinajstić information content (AvgIpc) is 3.09. The maximum absolute atomic E-state index is 12.5. The topological polar surface area (TPSA) is 93.9 Å². The molecule has 2 aromatic rings. The number of ether oxygens (including phenoxy) is 2. The van der Waals surface area contributed by atoms with Gasteiger partial charge in [-0.1, -0.05) is 18.2 Å². The highest BCUT2D eigenvalue weighted by molar-refractivity contribution is 5.94. The van der Waals surface area contributed by atoms with E-state index in [9.17, 15) is 14.9 Å².